The van der Waals surface area contributed by atoms with Crippen LogP contribution in [0.2, 0.25) is 0 Å². The van der Waals surface area contributed by atoms with Gasteiger partial charge in [-0.1, -0.05) is 11.8 Å². The number of aliphatic hydroxyl groups is 1. The molecule has 0 saturated carbocycles. The van der Waals surface area contributed by atoms with E-state index in [2.05, 4.69) is 33.1 Å². The van der Waals surface area contributed by atoms with E-state index in [1.54, 1.807) is 29.5 Å². The summed E-state index contributed by atoms with van der Waals surface area (Å²) in [5.74, 6) is 5.35. The van der Waals surface area contributed by atoms with Crippen molar-refractivity contribution in [3.63, 3.8) is 0 Å². The number of carbonyl (C=O) groups excluding carboxylic acids is 1. The van der Waals surface area contributed by atoms with Crippen LogP contribution in [-0.2, 0) is 6.54 Å². The highest BCUT2D eigenvalue weighted by Gasteiger charge is 2.08. The predicted octanol–water partition coefficient (Wildman–Crippen LogP) is 3.09. The molecule has 108 valence electrons. The molecule has 0 saturated heterocycles. The second-order valence-corrected chi connectivity index (χ2v) is 6.22. The second-order valence-electron chi connectivity index (χ2n) is 4.36. The number of amides is 1. The van der Waals surface area contributed by atoms with E-state index < -0.39 is 0 Å². The summed E-state index contributed by atoms with van der Waals surface area (Å²) in [6.07, 6.45) is 0. The van der Waals surface area contributed by atoms with Crippen LogP contribution in [0.1, 0.15) is 26.4 Å². The Kier molecular flexibility index (Phi) is 5.57. The van der Waals surface area contributed by atoms with Crippen molar-refractivity contribution in [2.75, 3.05) is 6.61 Å². The molecule has 0 fully saturated rings. The van der Waals surface area contributed by atoms with Crippen LogP contribution in [0.25, 0.3) is 0 Å². The molecule has 0 aliphatic rings. The lowest BCUT2D eigenvalue weighted by atomic mass is 10.0. The molecule has 0 spiro atoms. The predicted molar refractivity (Wildman–Crippen MR) is 88.3 cm³/mol. The molecule has 21 heavy (non-hydrogen) atoms. The van der Waals surface area contributed by atoms with Crippen LogP contribution in [-0.4, -0.2) is 17.6 Å². The summed E-state index contributed by atoms with van der Waals surface area (Å²) in [6, 6.07) is 7.31. The number of rotatable bonds is 3. The molecule has 0 aliphatic heterocycles. The van der Waals surface area contributed by atoms with Crippen molar-refractivity contribution in [1.29, 1.82) is 0 Å². The van der Waals surface area contributed by atoms with E-state index in [1.165, 1.54) is 0 Å². The van der Waals surface area contributed by atoms with E-state index in [0.717, 1.165) is 20.5 Å². The van der Waals surface area contributed by atoms with Crippen LogP contribution < -0.4 is 5.32 Å². The van der Waals surface area contributed by atoms with Gasteiger partial charge in [-0.25, -0.2) is 0 Å². The molecule has 0 atom stereocenters. The minimum absolute atomic E-state index is 0.111. The average Bonchev–Trinajstić information content (AvgIpc) is 2.88. The van der Waals surface area contributed by atoms with Gasteiger partial charge in [-0.15, -0.1) is 11.3 Å². The van der Waals surface area contributed by atoms with E-state index in [1.807, 2.05) is 18.4 Å². The lowest BCUT2D eigenvalue weighted by Crippen LogP contribution is -2.22. The number of thiophene rings is 1. The SMILES string of the molecule is Cc1cc(C(=O)NCc2sccc2Br)ccc1C#CCO. The zero-order valence-corrected chi connectivity index (χ0v) is 13.8. The first-order chi connectivity index (χ1) is 10.1. The van der Waals surface area contributed by atoms with Crippen molar-refractivity contribution in [2.45, 2.75) is 13.5 Å². The van der Waals surface area contributed by atoms with Crippen molar-refractivity contribution in [1.82, 2.24) is 5.32 Å². The molecule has 0 bridgehead atoms. The molecule has 2 aromatic rings. The van der Waals surface area contributed by atoms with Gasteiger partial charge >= 0.3 is 0 Å². The van der Waals surface area contributed by atoms with Gasteiger partial charge < -0.3 is 10.4 Å². The third-order valence-electron chi connectivity index (χ3n) is 2.89. The molecule has 2 rings (SSSR count). The maximum Gasteiger partial charge on any atom is 0.251 e. The summed E-state index contributed by atoms with van der Waals surface area (Å²) >= 11 is 5.04. The number of hydrogen-bond acceptors (Lipinski definition) is 3. The van der Waals surface area contributed by atoms with Crippen molar-refractivity contribution in [2.24, 2.45) is 0 Å². The van der Waals surface area contributed by atoms with Crippen LogP contribution in [0.4, 0.5) is 0 Å². The quantitative estimate of drug-likeness (QED) is 0.823. The third-order valence-corrected chi connectivity index (χ3v) is 4.82. The maximum absolute atomic E-state index is 12.1. The van der Waals surface area contributed by atoms with Crippen molar-refractivity contribution in [3.05, 3.63) is 55.7 Å². The molecule has 3 nitrogen and oxygen atoms in total. The van der Waals surface area contributed by atoms with Gasteiger partial charge in [-0.3, -0.25) is 4.79 Å². The van der Waals surface area contributed by atoms with Gasteiger partial charge in [0.2, 0.25) is 0 Å². The van der Waals surface area contributed by atoms with E-state index in [-0.39, 0.29) is 12.5 Å². The number of carbonyl (C=O) groups is 1. The zero-order valence-electron chi connectivity index (χ0n) is 11.4. The smallest absolute Gasteiger partial charge is 0.251 e. The Morgan fingerprint density at radius 3 is 2.86 bits per heavy atom. The normalized spacial score (nSPS) is 9.86. The monoisotopic (exact) mass is 363 g/mol. The fourth-order valence-electron chi connectivity index (χ4n) is 1.79. The van der Waals surface area contributed by atoms with E-state index in [0.29, 0.717) is 12.1 Å². The fourth-order valence-corrected chi connectivity index (χ4v) is 3.23. The summed E-state index contributed by atoms with van der Waals surface area (Å²) < 4.78 is 1.01. The van der Waals surface area contributed by atoms with Crippen LogP contribution in [0.5, 0.6) is 0 Å². The van der Waals surface area contributed by atoms with Crippen LogP contribution in [0, 0.1) is 18.8 Å². The van der Waals surface area contributed by atoms with Crippen molar-refractivity contribution in [3.8, 4) is 11.8 Å². The standard InChI is InChI=1S/C16H14BrNO2S/c1-11-9-13(5-4-12(11)3-2-7-19)16(20)18-10-15-14(17)6-8-21-15/h4-6,8-9,19H,7,10H2,1H3,(H,18,20). The highest BCUT2D eigenvalue weighted by atomic mass is 79.9. The Bertz CT molecular complexity index is 713. The van der Waals surface area contributed by atoms with Gasteiger partial charge in [0.05, 0.1) is 6.54 Å². The molecule has 1 amide bonds. The Balaban J connectivity index is 2.06. The number of halogens is 1. The maximum atomic E-state index is 12.1. The Hall–Kier alpha value is -1.61. The van der Waals surface area contributed by atoms with Gasteiger partial charge in [0.15, 0.2) is 0 Å². The van der Waals surface area contributed by atoms with Gasteiger partial charge in [0, 0.05) is 20.5 Å². The Morgan fingerprint density at radius 1 is 1.43 bits per heavy atom. The second kappa shape index (κ2) is 7.41. The van der Waals surface area contributed by atoms with Crippen LogP contribution >= 0.6 is 27.3 Å². The highest BCUT2D eigenvalue weighted by molar-refractivity contribution is 9.10. The molecular formula is C16H14BrNO2S. The number of hydrogen-bond donors (Lipinski definition) is 2. The molecule has 0 unspecified atom stereocenters. The summed E-state index contributed by atoms with van der Waals surface area (Å²) in [5.41, 5.74) is 2.34. The molecule has 0 radical (unpaired) electrons. The van der Waals surface area contributed by atoms with E-state index in [9.17, 15) is 4.79 Å². The molecule has 1 aromatic heterocycles. The van der Waals surface area contributed by atoms with E-state index in [4.69, 9.17) is 5.11 Å². The van der Waals surface area contributed by atoms with Gasteiger partial charge in [-0.2, -0.15) is 0 Å². The first-order valence-corrected chi connectivity index (χ1v) is 7.99. The molecule has 0 aliphatic carbocycles. The average molecular weight is 364 g/mol. The van der Waals surface area contributed by atoms with Crippen LogP contribution in [0.15, 0.2) is 34.1 Å². The van der Waals surface area contributed by atoms with Gasteiger partial charge in [0.25, 0.3) is 5.91 Å². The highest BCUT2D eigenvalue weighted by Crippen LogP contribution is 2.22. The fraction of sp³-hybridized carbons (Fsp3) is 0.188. The molecular weight excluding hydrogens is 350 g/mol. The molecule has 5 heteroatoms. The Labute approximate surface area is 136 Å². The lowest BCUT2D eigenvalue weighted by Gasteiger charge is -2.06. The first kappa shape index (κ1) is 15.8. The largest absolute Gasteiger partial charge is 0.384 e. The number of nitrogens with one attached hydrogen (secondary N) is 1. The number of benzene rings is 1. The summed E-state index contributed by atoms with van der Waals surface area (Å²) in [6.45, 7) is 2.23. The minimum Gasteiger partial charge on any atom is -0.384 e. The summed E-state index contributed by atoms with van der Waals surface area (Å²) in [4.78, 5) is 13.2. The molecule has 1 heterocycles. The summed E-state index contributed by atoms with van der Waals surface area (Å²) in [7, 11) is 0. The van der Waals surface area contributed by atoms with Crippen molar-refractivity contribution < 1.29 is 9.90 Å². The topological polar surface area (TPSA) is 49.3 Å². The number of aliphatic hydroxyl groups excluding tert-OH is 1. The number of aryl methyl sites for hydroxylation is 1. The molecule has 1 aromatic carbocycles. The summed E-state index contributed by atoms with van der Waals surface area (Å²) in [5, 5.41) is 13.6. The Morgan fingerprint density at radius 2 is 2.24 bits per heavy atom. The van der Waals surface area contributed by atoms with E-state index >= 15 is 0 Å². The van der Waals surface area contributed by atoms with Gasteiger partial charge in [0.1, 0.15) is 6.61 Å². The van der Waals surface area contributed by atoms with Gasteiger partial charge in [-0.05, 0) is 58.1 Å². The zero-order chi connectivity index (χ0) is 15.2. The first-order valence-electron chi connectivity index (χ1n) is 6.32. The van der Waals surface area contributed by atoms with Crippen molar-refractivity contribution >= 4 is 33.2 Å². The third kappa shape index (κ3) is 4.18. The minimum atomic E-state index is -0.169. The lowest BCUT2D eigenvalue weighted by molar-refractivity contribution is 0.0951. The molecule has 2 N–H and O–H groups in total. The van der Waals surface area contributed by atoms with Crippen LogP contribution in [0.3, 0.4) is 0 Å².